The molecule has 0 saturated carbocycles. The van der Waals surface area contributed by atoms with Gasteiger partial charge in [-0.05, 0) is 12.1 Å². The maximum absolute atomic E-state index is 4.48. The van der Waals surface area contributed by atoms with Crippen molar-refractivity contribution in [1.82, 2.24) is 25.0 Å². The van der Waals surface area contributed by atoms with Crippen LogP contribution in [0, 0.1) is 0 Å². The summed E-state index contributed by atoms with van der Waals surface area (Å²) in [4.78, 5) is 8.81. The van der Waals surface area contributed by atoms with Crippen molar-refractivity contribution < 1.29 is 0 Å². The van der Waals surface area contributed by atoms with E-state index in [4.69, 9.17) is 0 Å². The molecule has 0 spiro atoms. The second kappa shape index (κ2) is 4.79. The highest BCUT2D eigenvalue weighted by molar-refractivity contribution is 5.75. The molecule has 90 valence electrons. The highest BCUT2D eigenvalue weighted by Crippen LogP contribution is 2.10. The predicted octanol–water partition coefficient (Wildman–Crippen LogP) is 1.33. The molecule has 0 saturated heterocycles. The molecule has 0 unspecified atom stereocenters. The highest BCUT2D eigenvalue weighted by Gasteiger charge is 1.98. The molecule has 3 rings (SSSR count). The van der Waals surface area contributed by atoms with Crippen molar-refractivity contribution in [2.75, 3.05) is 11.9 Å². The molecule has 0 bridgehead atoms. The molecule has 6 nitrogen and oxygen atoms in total. The molecular formula is C12H12N6. The number of fused-ring (bicyclic) bond motifs is 1. The van der Waals surface area contributed by atoms with Gasteiger partial charge in [0, 0.05) is 12.7 Å². The van der Waals surface area contributed by atoms with Crippen molar-refractivity contribution in [3.05, 3.63) is 42.9 Å². The number of hydrogen-bond acceptors (Lipinski definition) is 5. The van der Waals surface area contributed by atoms with E-state index in [1.807, 2.05) is 30.5 Å². The summed E-state index contributed by atoms with van der Waals surface area (Å²) in [6.45, 7) is 1.48. The molecule has 0 aliphatic carbocycles. The number of aromatic nitrogens is 5. The van der Waals surface area contributed by atoms with Crippen LogP contribution in [0.25, 0.3) is 11.0 Å². The molecule has 2 heterocycles. The summed E-state index contributed by atoms with van der Waals surface area (Å²) in [7, 11) is 0. The van der Waals surface area contributed by atoms with Crippen LogP contribution in [0.5, 0.6) is 0 Å². The first-order valence-corrected chi connectivity index (χ1v) is 5.71. The molecule has 0 aliphatic heterocycles. The van der Waals surface area contributed by atoms with Crippen LogP contribution in [-0.4, -0.2) is 31.5 Å². The van der Waals surface area contributed by atoms with E-state index in [1.54, 1.807) is 17.1 Å². The highest BCUT2D eigenvalue weighted by atomic mass is 15.4. The molecule has 0 amide bonds. The lowest BCUT2D eigenvalue weighted by Gasteiger charge is -2.05. The zero-order valence-electron chi connectivity index (χ0n) is 9.69. The molecule has 2 aromatic heterocycles. The SMILES string of the molecule is c1ccc2nc(NCCn3ccnn3)cnc2c1. The van der Waals surface area contributed by atoms with Crippen LogP contribution in [-0.2, 0) is 6.54 Å². The minimum atomic E-state index is 0.733. The Morgan fingerprint density at radius 1 is 1.17 bits per heavy atom. The third-order valence-corrected chi connectivity index (χ3v) is 2.57. The smallest absolute Gasteiger partial charge is 0.145 e. The molecule has 0 fully saturated rings. The van der Waals surface area contributed by atoms with E-state index >= 15 is 0 Å². The number of para-hydroxylation sites is 2. The van der Waals surface area contributed by atoms with Crippen LogP contribution >= 0.6 is 0 Å². The number of anilines is 1. The summed E-state index contributed by atoms with van der Waals surface area (Å²) in [5, 5.41) is 10.8. The minimum absolute atomic E-state index is 0.733. The van der Waals surface area contributed by atoms with Crippen molar-refractivity contribution in [2.24, 2.45) is 0 Å². The first-order valence-electron chi connectivity index (χ1n) is 5.71. The Hall–Kier alpha value is -2.50. The van der Waals surface area contributed by atoms with E-state index < -0.39 is 0 Å². The van der Waals surface area contributed by atoms with Crippen LogP contribution in [0.15, 0.2) is 42.9 Å². The normalized spacial score (nSPS) is 10.7. The van der Waals surface area contributed by atoms with Gasteiger partial charge in [-0.3, -0.25) is 9.67 Å². The Bertz CT molecular complexity index is 634. The summed E-state index contributed by atoms with van der Waals surface area (Å²) >= 11 is 0. The molecule has 0 radical (unpaired) electrons. The molecular weight excluding hydrogens is 228 g/mol. The molecule has 3 aromatic rings. The topological polar surface area (TPSA) is 68.5 Å². The van der Waals surface area contributed by atoms with E-state index in [2.05, 4.69) is 25.6 Å². The van der Waals surface area contributed by atoms with Crippen molar-refractivity contribution in [1.29, 1.82) is 0 Å². The monoisotopic (exact) mass is 240 g/mol. The zero-order valence-corrected chi connectivity index (χ0v) is 9.69. The van der Waals surface area contributed by atoms with Gasteiger partial charge in [0.15, 0.2) is 0 Å². The van der Waals surface area contributed by atoms with E-state index in [0.29, 0.717) is 0 Å². The Morgan fingerprint density at radius 2 is 2.06 bits per heavy atom. The number of benzene rings is 1. The quantitative estimate of drug-likeness (QED) is 0.745. The summed E-state index contributed by atoms with van der Waals surface area (Å²) in [6.07, 6.45) is 5.23. The average molecular weight is 240 g/mol. The largest absolute Gasteiger partial charge is 0.367 e. The van der Waals surface area contributed by atoms with Gasteiger partial charge in [-0.1, -0.05) is 17.3 Å². The Balaban J connectivity index is 1.67. The van der Waals surface area contributed by atoms with Crippen molar-refractivity contribution >= 4 is 16.9 Å². The first kappa shape index (κ1) is 10.6. The number of nitrogens with zero attached hydrogens (tertiary/aromatic N) is 5. The third-order valence-electron chi connectivity index (χ3n) is 2.57. The Kier molecular flexibility index (Phi) is 2.83. The summed E-state index contributed by atoms with van der Waals surface area (Å²) in [5.41, 5.74) is 1.79. The number of nitrogens with one attached hydrogen (secondary N) is 1. The van der Waals surface area contributed by atoms with Gasteiger partial charge in [-0.15, -0.1) is 5.10 Å². The predicted molar refractivity (Wildman–Crippen MR) is 68.0 cm³/mol. The Labute approximate surface area is 104 Å². The van der Waals surface area contributed by atoms with Gasteiger partial charge in [0.1, 0.15) is 5.82 Å². The van der Waals surface area contributed by atoms with Crippen molar-refractivity contribution in [2.45, 2.75) is 6.54 Å². The van der Waals surface area contributed by atoms with Crippen LogP contribution in [0.4, 0.5) is 5.82 Å². The standard InChI is InChI=1S/C12H12N6/c1-2-4-11-10(3-1)14-9-12(16-11)13-5-7-18-8-6-15-17-18/h1-4,6,8-9H,5,7H2,(H,13,16). The third kappa shape index (κ3) is 2.27. The number of hydrogen-bond donors (Lipinski definition) is 1. The fourth-order valence-corrected chi connectivity index (χ4v) is 1.69. The second-order valence-corrected chi connectivity index (χ2v) is 3.84. The molecule has 1 N–H and O–H groups in total. The van der Waals surface area contributed by atoms with E-state index in [-0.39, 0.29) is 0 Å². The van der Waals surface area contributed by atoms with Crippen LogP contribution in [0.1, 0.15) is 0 Å². The molecule has 1 aromatic carbocycles. The Morgan fingerprint density at radius 3 is 2.89 bits per heavy atom. The molecule has 0 aliphatic rings. The van der Waals surface area contributed by atoms with E-state index in [9.17, 15) is 0 Å². The van der Waals surface area contributed by atoms with Gasteiger partial charge in [0.25, 0.3) is 0 Å². The molecule has 18 heavy (non-hydrogen) atoms. The zero-order chi connectivity index (χ0) is 12.2. The van der Waals surface area contributed by atoms with Crippen molar-refractivity contribution in [3.8, 4) is 0 Å². The lowest BCUT2D eigenvalue weighted by Crippen LogP contribution is -2.12. The number of rotatable bonds is 4. The summed E-state index contributed by atoms with van der Waals surface area (Å²) < 4.78 is 1.77. The molecule has 0 atom stereocenters. The van der Waals surface area contributed by atoms with Crippen LogP contribution in [0.2, 0.25) is 0 Å². The molecule has 6 heteroatoms. The summed E-state index contributed by atoms with van der Waals surface area (Å²) in [6, 6.07) is 7.80. The van der Waals surface area contributed by atoms with Gasteiger partial charge in [0.05, 0.1) is 30.0 Å². The van der Waals surface area contributed by atoms with Gasteiger partial charge < -0.3 is 5.32 Å². The van der Waals surface area contributed by atoms with Gasteiger partial charge in [-0.2, -0.15) is 0 Å². The lowest BCUT2D eigenvalue weighted by molar-refractivity contribution is 0.608. The van der Waals surface area contributed by atoms with Gasteiger partial charge in [-0.25, -0.2) is 4.98 Å². The fraction of sp³-hybridized carbons (Fsp3) is 0.167. The maximum Gasteiger partial charge on any atom is 0.145 e. The van der Waals surface area contributed by atoms with Crippen LogP contribution in [0.3, 0.4) is 0 Å². The van der Waals surface area contributed by atoms with Gasteiger partial charge >= 0.3 is 0 Å². The average Bonchev–Trinajstić information content (AvgIpc) is 2.92. The minimum Gasteiger partial charge on any atom is -0.367 e. The fourth-order valence-electron chi connectivity index (χ4n) is 1.69. The maximum atomic E-state index is 4.48. The second-order valence-electron chi connectivity index (χ2n) is 3.84. The van der Waals surface area contributed by atoms with Gasteiger partial charge in [0.2, 0.25) is 0 Å². The lowest BCUT2D eigenvalue weighted by atomic mass is 10.3. The summed E-state index contributed by atoms with van der Waals surface area (Å²) in [5.74, 6) is 0.772. The van der Waals surface area contributed by atoms with Crippen molar-refractivity contribution in [3.63, 3.8) is 0 Å². The van der Waals surface area contributed by atoms with E-state index in [0.717, 1.165) is 29.9 Å². The van der Waals surface area contributed by atoms with Crippen LogP contribution < -0.4 is 5.32 Å². The van der Waals surface area contributed by atoms with E-state index in [1.165, 1.54) is 0 Å². The first-order chi connectivity index (χ1) is 8.92.